The number of aromatic nitrogens is 2. The summed E-state index contributed by atoms with van der Waals surface area (Å²) >= 11 is 5.63. The molecule has 0 aliphatic heterocycles. The largest absolute Gasteiger partial charge is 1.00 e. The number of ether oxygens (including phenoxy) is 2. The number of esters is 1. The first kappa shape index (κ1) is 20.9. The van der Waals surface area contributed by atoms with Crippen LogP contribution in [0.15, 0.2) is 6.07 Å². The van der Waals surface area contributed by atoms with Gasteiger partial charge in [-0.05, 0) is 13.8 Å². The summed E-state index contributed by atoms with van der Waals surface area (Å²) < 4.78 is 9.99. The number of hydrogen-bond acceptors (Lipinski definition) is 6. The van der Waals surface area contributed by atoms with Gasteiger partial charge in [0.15, 0.2) is 10.9 Å². The Bertz CT molecular complexity index is 380. The van der Waals surface area contributed by atoms with Gasteiger partial charge in [0, 0.05) is 6.07 Å². The molecule has 0 aromatic carbocycles. The van der Waals surface area contributed by atoms with E-state index in [1.807, 2.05) is 0 Å². The maximum atomic E-state index is 11.4. The van der Waals surface area contributed by atoms with Gasteiger partial charge >= 0.3 is 35.5 Å². The van der Waals surface area contributed by atoms with Crippen molar-refractivity contribution in [2.45, 2.75) is 20.8 Å². The molecule has 0 spiro atoms. The third-order valence-electron chi connectivity index (χ3n) is 1.50. The van der Waals surface area contributed by atoms with Crippen molar-refractivity contribution in [2.75, 3.05) is 19.8 Å². The molecule has 0 N–H and O–H groups in total. The molecule has 0 bridgehead atoms. The molecule has 1 heterocycles. The standard InChI is InChI=1S/C9H11ClN2O3.C2H5O.Na/c1-3-14-6-5-7(10)11-12-8(6)9(13)15-4-2;1-2-3;/h5H,3-4H2,1-2H3;2H2,1H3;/q;-1;+1. The van der Waals surface area contributed by atoms with Crippen LogP contribution in [0.4, 0.5) is 0 Å². The van der Waals surface area contributed by atoms with Crippen LogP contribution in [-0.2, 0) is 4.74 Å². The van der Waals surface area contributed by atoms with Crippen molar-refractivity contribution >= 4 is 17.6 Å². The van der Waals surface area contributed by atoms with Gasteiger partial charge in [0.2, 0.25) is 5.69 Å². The number of carbonyl (C=O) groups excluding carboxylic acids is 1. The quantitative estimate of drug-likeness (QED) is 0.476. The van der Waals surface area contributed by atoms with E-state index in [9.17, 15) is 4.79 Å². The van der Waals surface area contributed by atoms with Crippen LogP contribution in [0.5, 0.6) is 5.75 Å². The molecule has 0 aliphatic carbocycles. The third kappa shape index (κ3) is 8.39. The molecule has 0 saturated heterocycles. The van der Waals surface area contributed by atoms with Crippen molar-refractivity contribution in [3.8, 4) is 5.75 Å². The number of carbonyl (C=O) groups is 1. The molecule has 0 fully saturated rings. The fraction of sp³-hybridized carbons (Fsp3) is 0.545. The van der Waals surface area contributed by atoms with Crippen molar-refractivity contribution in [3.63, 3.8) is 0 Å². The van der Waals surface area contributed by atoms with Crippen LogP contribution >= 0.6 is 11.6 Å². The van der Waals surface area contributed by atoms with Gasteiger partial charge in [-0.25, -0.2) is 4.79 Å². The Labute approximate surface area is 139 Å². The van der Waals surface area contributed by atoms with Gasteiger partial charge in [-0.15, -0.1) is 16.8 Å². The summed E-state index contributed by atoms with van der Waals surface area (Å²) in [6.45, 7) is 5.76. The molecule has 0 saturated carbocycles. The van der Waals surface area contributed by atoms with E-state index in [2.05, 4.69) is 10.2 Å². The first-order valence-electron chi connectivity index (χ1n) is 5.51. The van der Waals surface area contributed by atoms with E-state index in [1.54, 1.807) is 20.8 Å². The number of nitrogens with zero attached hydrogens (tertiary/aromatic N) is 2. The molecule has 0 amide bonds. The van der Waals surface area contributed by atoms with Crippen molar-refractivity contribution in [1.29, 1.82) is 0 Å². The summed E-state index contributed by atoms with van der Waals surface area (Å²) in [5.41, 5.74) is 0.0445. The maximum Gasteiger partial charge on any atom is 1.00 e. The average molecular weight is 299 g/mol. The van der Waals surface area contributed by atoms with Crippen molar-refractivity contribution < 1.29 is 48.9 Å². The van der Waals surface area contributed by atoms with E-state index in [-0.39, 0.29) is 59.4 Å². The van der Waals surface area contributed by atoms with E-state index in [0.717, 1.165) is 0 Å². The van der Waals surface area contributed by atoms with Crippen LogP contribution in [0.2, 0.25) is 5.15 Å². The second-order valence-electron chi connectivity index (χ2n) is 2.82. The Morgan fingerprint density at radius 3 is 2.37 bits per heavy atom. The molecule has 6 nitrogen and oxygen atoms in total. The minimum absolute atomic E-state index is 0. The molecule has 1 aromatic heterocycles. The molecule has 0 aliphatic rings. The molecular weight excluding hydrogens is 283 g/mol. The van der Waals surface area contributed by atoms with E-state index < -0.39 is 5.97 Å². The van der Waals surface area contributed by atoms with Crippen LogP contribution in [0.1, 0.15) is 31.3 Å². The molecule has 1 aromatic rings. The zero-order valence-electron chi connectivity index (χ0n) is 11.6. The summed E-state index contributed by atoms with van der Waals surface area (Å²) in [6.07, 6.45) is 0. The normalized spacial score (nSPS) is 8.68. The molecule has 8 heteroatoms. The number of rotatable bonds is 4. The van der Waals surface area contributed by atoms with Crippen LogP contribution in [0.25, 0.3) is 0 Å². The molecule has 1 rings (SSSR count). The fourth-order valence-corrected chi connectivity index (χ4v) is 1.10. The first-order valence-corrected chi connectivity index (χ1v) is 5.89. The second kappa shape index (κ2) is 12.6. The van der Waals surface area contributed by atoms with Crippen LogP contribution in [-0.4, -0.2) is 36.0 Å². The number of halogens is 1. The predicted octanol–water partition coefficient (Wildman–Crippen LogP) is -1.92. The van der Waals surface area contributed by atoms with Gasteiger partial charge in [0.25, 0.3) is 0 Å². The van der Waals surface area contributed by atoms with Crippen molar-refractivity contribution in [1.82, 2.24) is 10.2 Å². The zero-order valence-corrected chi connectivity index (χ0v) is 14.4. The molecule has 102 valence electrons. The third-order valence-corrected chi connectivity index (χ3v) is 1.68. The summed E-state index contributed by atoms with van der Waals surface area (Å²) in [6, 6.07) is 1.43. The Morgan fingerprint density at radius 2 is 1.89 bits per heavy atom. The summed E-state index contributed by atoms with van der Waals surface area (Å²) in [5, 5.41) is 16.3. The Kier molecular flexibility index (Phi) is 13.9. The van der Waals surface area contributed by atoms with Crippen molar-refractivity contribution in [2.24, 2.45) is 0 Å². The Hall–Kier alpha value is -0.400. The second-order valence-corrected chi connectivity index (χ2v) is 3.21. The topological polar surface area (TPSA) is 84.4 Å². The smallest absolute Gasteiger partial charge is 0.855 e. The van der Waals surface area contributed by atoms with Crippen LogP contribution in [0, 0.1) is 0 Å². The molecule has 0 atom stereocenters. The predicted molar refractivity (Wildman–Crippen MR) is 64.7 cm³/mol. The summed E-state index contributed by atoms with van der Waals surface area (Å²) in [7, 11) is 0. The van der Waals surface area contributed by atoms with E-state index >= 15 is 0 Å². The zero-order chi connectivity index (χ0) is 14.0. The van der Waals surface area contributed by atoms with Crippen LogP contribution in [0.3, 0.4) is 0 Å². The van der Waals surface area contributed by atoms with E-state index in [0.29, 0.717) is 6.61 Å². The summed E-state index contributed by atoms with van der Waals surface area (Å²) in [5.74, 6) is -0.277. The van der Waals surface area contributed by atoms with Crippen molar-refractivity contribution in [3.05, 3.63) is 16.9 Å². The van der Waals surface area contributed by atoms with Gasteiger partial charge in [-0.2, -0.15) is 0 Å². The average Bonchev–Trinajstić information content (AvgIpc) is 2.31. The monoisotopic (exact) mass is 298 g/mol. The molecular formula is C11H16ClN2NaO4. The fourth-order valence-electron chi connectivity index (χ4n) is 0.959. The van der Waals surface area contributed by atoms with E-state index in [4.69, 9.17) is 26.2 Å². The van der Waals surface area contributed by atoms with Gasteiger partial charge < -0.3 is 14.6 Å². The Balaban J connectivity index is 0. The SMILES string of the molecule is CCOC(=O)c1nnc(Cl)cc1OCC.CC[O-].[Na+]. The van der Waals surface area contributed by atoms with Gasteiger partial charge in [0.05, 0.1) is 13.2 Å². The minimum atomic E-state index is -0.565. The molecule has 0 unspecified atom stereocenters. The van der Waals surface area contributed by atoms with E-state index in [1.165, 1.54) is 6.07 Å². The maximum absolute atomic E-state index is 11.4. The van der Waals surface area contributed by atoms with Gasteiger partial charge in [-0.3, -0.25) is 0 Å². The van der Waals surface area contributed by atoms with Gasteiger partial charge in [-0.1, -0.05) is 18.5 Å². The van der Waals surface area contributed by atoms with Crippen LogP contribution < -0.4 is 39.4 Å². The minimum Gasteiger partial charge on any atom is -0.855 e. The summed E-state index contributed by atoms with van der Waals surface area (Å²) in [4.78, 5) is 11.4. The van der Waals surface area contributed by atoms with Gasteiger partial charge in [0.1, 0.15) is 0 Å². The molecule has 0 radical (unpaired) electrons. The molecule has 19 heavy (non-hydrogen) atoms. The number of hydrogen-bond donors (Lipinski definition) is 0. The Morgan fingerprint density at radius 1 is 1.32 bits per heavy atom. The first-order chi connectivity index (χ1) is 8.60.